The SMILES string of the molecule is CC(C)CCN(CCC(C)C)C(=O)c1ccn2nc(-c3ccc(Br)cc3)c(C=CCN3CCOC([n+]4nc(-c5cccc(-c6nn7ccc(C(=O)N(CCC(C)C)CCC(C)C)cc7c6CCCN6CCCCC6)c5)n[nH]4)C3)c2c1. The minimum absolute atomic E-state index is 0.0606. The van der Waals surface area contributed by atoms with Crippen molar-refractivity contribution in [1.82, 2.24) is 54.2 Å². The van der Waals surface area contributed by atoms with Crippen LogP contribution in [0.4, 0.5) is 0 Å². The van der Waals surface area contributed by atoms with Crippen molar-refractivity contribution in [2.45, 2.75) is 119 Å². The Morgan fingerprint density at radius 1 is 0.700 bits per heavy atom. The first kappa shape index (κ1) is 58.6. The standard InChI is InChI=1S/C64H85BrN12O3/c1-45(2)23-33-73(34-24-46(3)4)63(78)52-27-37-75-57(42-52)55(60(67-75)49-19-21-54(65)22-20-49)18-14-32-72-39-40-80-59(44-72)77-69-62(66-70-77)51-16-12-15-50(41-51)61-56(17-13-31-71-29-10-9-11-30-71)58-43-53(28-38-76(58)68-61)64(79)74(35-25-47(5)6)36-26-48(7)8/h12,14-16,18-22,27-28,37-38,41-43,45-48,59H,9-11,13,17,23-26,29-36,39-40,44H2,1-8H3/p+1. The summed E-state index contributed by atoms with van der Waals surface area (Å²) in [6.07, 6.45) is 17.4. The lowest BCUT2D eigenvalue weighted by atomic mass is 9.99. The van der Waals surface area contributed by atoms with Gasteiger partial charge in [-0.05, 0) is 158 Å². The number of benzene rings is 2. The number of hydrogen-bond acceptors (Lipinski definition) is 9. The van der Waals surface area contributed by atoms with E-state index in [4.69, 9.17) is 25.1 Å². The summed E-state index contributed by atoms with van der Waals surface area (Å²) >= 11 is 3.61. The first-order chi connectivity index (χ1) is 38.7. The third kappa shape index (κ3) is 15.1. The van der Waals surface area contributed by atoms with Gasteiger partial charge in [0.2, 0.25) is 0 Å². The van der Waals surface area contributed by atoms with Crippen LogP contribution in [-0.4, -0.2) is 138 Å². The van der Waals surface area contributed by atoms with E-state index in [-0.39, 0.29) is 18.0 Å². The van der Waals surface area contributed by atoms with Crippen LogP contribution in [0.15, 0.2) is 95.7 Å². The Morgan fingerprint density at radius 2 is 1.29 bits per heavy atom. The van der Waals surface area contributed by atoms with Crippen molar-refractivity contribution >= 4 is 44.9 Å². The maximum absolute atomic E-state index is 14.3. The van der Waals surface area contributed by atoms with Gasteiger partial charge in [0.15, 0.2) is 0 Å². The van der Waals surface area contributed by atoms with E-state index in [0.717, 1.165) is 146 Å². The Kier molecular flexibility index (Phi) is 20.2. The number of pyridine rings is 2. The molecule has 2 aromatic carbocycles. The fourth-order valence-corrected chi connectivity index (χ4v) is 11.1. The van der Waals surface area contributed by atoms with E-state index in [1.807, 2.05) is 62.7 Å². The average Bonchev–Trinajstić information content (AvgIpc) is 4.21. The van der Waals surface area contributed by atoms with Crippen LogP contribution in [0.5, 0.6) is 0 Å². The number of halogens is 1. The molecule has 1 unspecified atom stereocenters. The van der Waals surface area contributed by atoms with Gasteiger partial charge in [-0.25, -0.2) is 9.03 Å². The molecule has 5 aromatic heterocycles. The molecule has 0 aliphatic carbocycles. The molecule has 2 aliphatic heterocycles. The van der Waals surface area contributed by atoms with E-state index in [0.29, 0.717) is 60.3 Å². The number of nitrogens with one attached hydrogen (secondary N) is 1. The van der Waals surface area contributed by atoms with E-state index in [1.165, 1.54) is 19.3 Å². The molecule has 2 fully saturated rings. The van der Waals surface area contributed by atoms with Gasteiger partial charge in [0.1, 0.15) is 5.69 Å². The van der Waals surface area contributed by atoms with E-state index in [1.54, 1.807) is 4.80 Å². The molecule has 2 aliphatic rings. The largest absolute Gasteiger partial charge is 0.339 e. The highest BCUT2D eigenvalue weighted by Gasteiger charge is 2.30. The molecule has 1 atom stereocenters. The zero-order valence-corrected chi connectivity index (χ0v) is 50.4. The monoisotopic (exact) mass is 1150 g/mol. The van der Waals surface area contributed by atoms with Gasteiger partial charge in [-0.1, -0.05) is 114 Å². The van der Waals surface area contributed by atoms with Gasteiger partial charge in [-0.15, -0.1) is 0 Å². The van der Waals surface area contributed by atoms with Gasteiger partial charge in [0.25, 0.3) is 18.0 Å². The van der Waals surface area contributed by atoms with Crippen LogP contribution in [-0.2, 0) is 11.2 Å². The molecule has 80 heavy (non-hydrogen) atoms. The maximum atomic E-state index is 14.3. The fourth-order valence-electron chi connectivity index (χ4n) is 10.8. The van der Waals surface area contributed by atoms with Crippen molar-refractivity contribution in [2.24, 2.45) is 23.7 Å². The van der Waals surface area contributed by atoms with Crippen LogP contribution >= 0.6 is 15.9 Å². The van der Waals surface area contributed by atoms with Gasteiger partial charge in [0.05, 0.1) is 40.5 Å². The van der Waals surface area contributed by atoms with Gasteiger partial charge in [0, 0.05) is 89.5 Å². The number of aryl methyl sites for hydroxylation is 1. The normalized spacial score (nSPS) is 15.7. The second-order valence-corrected chi connectivity index (χ2v) is 24.9. The number of rotatable bonds is 25. The number of aromatic amines is 1. The summed E-state index contributed by atoms with van der Waals surface area (Å²) in [5.74, 6) is 2.75. The third-order valence-corrected chi connectivity index (χ3v) is 16.3. The molecule has 0 spiro atoms. The van der Waals surface area contributed by atoms with Crippen molar-refractivity contribution in [2.75, 3.05) is 72.1 Å². The molecule has 2 saturated heterocycles. The van der Waals surface area contributed by atoms with E-state index in [9.17, 15) is 9.59 Å². The van der Waals surface area contributed by atoms with Crippen molar-refractivity contribution in [3.8, 4) is 33.9 Å². The van der Waals surface area contributed by atoms with Crippen molar-refractivity contribution in [1.29, 1.82) is 0 Å². The van der Waals surface area contributed by atoms with Gasteiger partial charge in [-0.3, -0.25) is 14.5 Å². The Morgan fingerprint density at radius 3 is 1.91 bits per heavy atom. The number of morpholine rings is 1. The third-order valence-electron chi connectivity index (χ3n) is 15.8. The lowest BCUT2D eigenvalue weighted by Gasteiger charge is -2.28. The highest BCUT2D eigenvalue weighted by Crippen LogP contribution is 2.33. The highest BCUT2D eigenvalue weighted by molar-refractivity contribution is 9.10. The molecule has 7 aromatic rings. The fraction of sp³-hybridized carbons (Fsp3) is 0.516. The number of H-pyrrole nitrogens is 1. The highest BCUT2D eigenvalue weighted by atomic mass is 79.9. The lowest BCUT2D eigenvalue weighted by Crippen LogP contribution is -2.54. The second-order valence-electron chi connectivity index (χ2n) is 24.0. The van der Waals surface area contributed by atoms with Crippen molar-refractivity contribution in [3.05, 3.63) is 118 Å². The molecule has 9 rings (SSSR count). The van der Waals surface area contributed by atoms with E-state index in [2.05, 4.69) is 140 Å². The number of carbonyl (C=O) groups is 2. The number of aromatic nitrogens is 8. The van der Waals surface area contributed by atoms with Crippen LogP contribution in [0, 0.1) is 23.7 Å². The number of likely N-dealkylation sites (tertiary alicyclic amines) is 1. The van der Waals surface area contributed by atoms with E-state index < -0.39 is 0 Å². The number of carbonyl (C=O) groups excluding carboxylic acids is 2. The molecule has 7 heterocycles. The van der Waals surface area contributed by atoms with Gasteiger partial charge < -0.3 is 19.4 Å². The van der Waals surface area contributed by atoms with Crippen LogP contribution in [0.2, 0.25) is 0 Å². The number of tetrazole rings is 1. The predicted molar refractivity (Wildman–Crippen MR) is 323 cm³/mol. The molecule has 15 nitrogen and oxygen atoms in total. The number of fused-ring (bicyclic) bond motifs is 2. The van der Waals surface area contributed by atoms with Crippen LogP contribution in [0.3, 0.4) is 0 Å². The molecule has 426 valence electrons. The summed E-state index contributed by atoms with van der Waals surface area (Å²) in [5, 5.41) is 23.2. The number of ether oxygens (including phenoxy) is 1. The maximum Gasteiger partial charge on any atom is 0.338 e. The molecule has 0 saturated carbocycles. The molecular formula is C64H86BrN12O3+. The Balaban J connectivity index is 0.934. The smallest absolute Gasteiger partial charge is 0.338 e. The van der Waals surface area contributed by atoms with Crippen LogP contribution in [0.25, 0.3) is 51.0 Å². The van der Waals surface area contributed by atoms with Crippen molar-refractivity contribution < 1.29 is 19.1 Å². The number of hydrogen-bond donors (Lipinski definition) is 1. The lowest BCUT2D eigenvalue weighted by molar-refractivity contribution is -0.858. The summed E-state index contributed by atoms with van der Waals surface area (Å²) < 4.78 is 11.2. The molecular weight excluding hydrogens is 1060 g/mol. The summed E-state index contributed by atoms with van der Waals surface area (Å²) in [6, 6.07) is 24.5. The molecule has 16 heteroatoms. The Bertz CT molecular complexity index is 3160. The van der Waals surface area contributed by atoms with E-state index >= 15 is 0 Å². The topological polar surface area (TPSA) is 136 Å². The second kappa shape index (κ2) is 27.6. The summed E-state index contributed by atoms with van der Waals surface area (Å²) in [6.45, 7) is 26.6. The Labute approximate surface area is 482 Å². The average molecular weight is 1150 g/mol. The number of piperidine rings is 1. The molecule has 0 bridgehead atoms. The van der Waals surface area contributed by atoms with Crippen LogP contribution in [0.1, 0.15) is 145 Å². The first-order valence-corrected chi connectivity index (χ1v) is 30.5. The quantitative estimate of drug-likeness (QED) is 0.0555. The molecule has 0 radical (unpaired) electrons. The Hall–Kier alpha value is -6.07. The van der Waals surface area contributed by atoms with Crippen molar-refractivity contribution in [3.63, 3.8) is 0 Å². The summed E-state index contributed by atoms with van der Waals surface area (Å²) in [4.78, 5) is 39.3. The minimum atomic E-state index is -0.381. The first-order valence-electron chi connectivity index (χ1n) is 29.7. The summed E-state index contributed by atoms with van der Waals surface area (Å²) in [7, 11) is 0. The van der Waals surface area contributed by atoms with Gasteiger partial charge in [-0.2, -0.15) is 10.2 Å². The number of nitrogens with zero attached hydrogens (tertiary/aromatic N) is 11. The predicted octanol–water partition coefficient (Wildman–Crippen LogP) is 12.2. The zero-order chi connectivity index (χ0) is 56.3. The van der Waals surface area contributed by atoms with Crippen LogP contribution < -0.4 is 4.80 Å². The zero-order valence-electron chi connectivity index (χ0n) is 48.8. The number of amides is 2. The molecule has 2 amide bonds. The minimum Gasteiger partial charge on any atom is -0.339 e. The van der Waals surface area contributed by atoms with Gasteiger partial charge >= 0.3 is 5.82 Å². The summed E-state index contributed by atoms with van der Waals surface area (Å²) in [5.41, 5.74) is 9.97. The molecule has 1 N–H and O–H groups in total.